The minimum atomic E-state index is -3.65. The molecule has 6 nitrogen and oxygen atoms in total. The largest absolute Gasteiger partial charge is 0.495 e. The van der Waals surface area contributed by atoms with Crippen molar-refractivity contribution < 1.29 is 17.9 Å². The van der Waals surface area contributed by atoms with Crippen LogP contribution in [0.1, 0.15) is 12.5 Å². The van der Waals surface area contributed by atoms with Crippen LogP contribution in [-0.2, 0) is 21.4 Å². The average Bonchev–Trinajstić information content (AvgIpc) is 2.99. The van der Waals surface area contributed by atoms with Crippen LogP contribution in [-0.4, -0.2) is 32.8 Å². The molecule has 0 atom stereocenters. The molecule has 0 radical (unpaired) electrons. The van der Waals surface area contributed by atoms with E-state index in [0.717, 1.165) is 5.56 Å². The molecular formula is C15H18N2O4S2. The number of amides is 1. The van der Waals surface area contributed by atoms with E-state index in [2.05, 4.69) is 5.32 Å². The van der Waals surface area contributed by atoms with Gasteiger partial charge in [-0.05, 0) is 34.5 Å². The Bertz CT molecular complexity index is 786. The average molecular weight is 354 g/mol. The summed E-state index contributed by atoms with van der Waals surface area (Å²) in [6.45, 7) is 1.67. The third-order valence-electron chi connectivity index (χ3n) is 3.18. The van der Waals surface area contributed by atoms with Gasteiger partial charge in [0.1, 0.15) is 5.75 Å². The zero-order valence-electron chi connectivity index (χ0n) is 13.1. The topological polar surface area (TPSA) is 75.7 Å². The number of rotatable bonds is 6. The van der Waals surface area contributed by atoms with Crippen molar-refractivity contribution in [3.8, 4) is 5.75 Å². The summed E-state index contributed by atoms with van der Waals surface area (Å²) < 4.78 is 31.7. The number of carbonyl (C=O) groups excluding carboxylic acids is 1. The van der Waals surface area contributed by atoms with Crippen LogP contribution < -0.4 is 10.1 Å². The molecule has 1 N–H and O–H groups in total. The fourth-order valence-electron chi connectivity index (χ4n) is 2.03. The predicted octanol–water partition coefficient (Wildman–Crippen LogP) is 2.54. The molecule has 0 aliphatic heterocycles. The quantitative estimate of drug-likeness (QED) is 0.865. The standard InChI is InChI=1S/C15H18N2O4S2/c1-11(18)16-14-5-4-13(8-15(14)21-3)23(19,20)17(2)9-12-6-7-22-10-12/h4-8,10H,9H2,1-3H3,(H,16,18). The van der Waals surface area contributed by atoms with E-state index in [0.29, 0.717) is 18.0 Å². The Balaban J connectivity index is 2.30. The number of nitrogens with one attached hydrogen (secondary N) is 1. The molecule has 0 saturated heterocycles. The Labute approximate surface area is 139 Å². The van der Waals surface area contributed by atoms with Crippen molar-refractivity contribution in [3.05, 3.63) is 40.6 Å². The summed E-state index contributed by atoms with van der Waals surface area (Å²) in [6.07, 6.45) is 0. The zero-order valence-corrected chi connectivity index (χ0v) is 14.7. The number of anilines is 1. The third-order valence-corrected chi connectivity index (χ3v) is 5.71. The van der Waals surface area contributed by atoms with Gasteiger partial charge in [0.2, 0.25) is 15.9 Å². The van der Waals surface area contributed by atoms with Crippen LogP contribution in [0, 0.1) is 0 Å². The van der Waals surface area contributed by atoms with Gasteiger partial charge in [-0.2, -0.15) is 15.6 Å². The van der Waals surface area contributed by atoms with E-state index < -0.39 is 10.0 Å². The summed E-state index contributed by atoms with van der Waals surface area (Å²) in [6, 6.07) is 6.26. The van der Waals surface area contributed by atoms with E-state index in [1.807, 2.05) is 16.8 Å². The van der Waals surface area contributed by atoms with Gasteiger partial charge in [0, 0.05) is 26.6 Å². The molecule has 1 aromatic heterocycles. The molecule has 2 aromatic rings. The fourth-order valence-corrected chi connectivity index (χ4v) is 3.86. The van der Waals surface area contributed by atoms with Crippen LogP contribution >= 0.6 is 11.3 Å². The zero-order chi connectivity index (χ0) is 17.0. The van der Waals surface area contributed by atoms with Gasteiger partial charge in [-0.25, -0.2) is 8.42 Å². The van der Waals surface area contributed by atoms with Crippen LogP contribution in [0.2, 0.25) is 0 Å². The molecule has 0 aliphatic rings. The Morgan fingerprint density at radius 3 is 2.65 bits per heavy atom. The number of hydrogen-bond acceptors (Lipinski definition) is 5. The maximum atomic E-state index is 12.6. The molecule has 0 saturated carbocycles. The van der Waals surface area contributed by atoms with E-state index in [1.54, 1.807) is 0 Å². The molecule has 1 heterocycles. The van der Waals surface area contributed by atoms with Gasteiger partial charge in [0.25, 0.3) is 0 Å². The first-order valence-corrected chi connectivity index (χ1v) is 9.16. The fraction of sp³-hybridized carbons (Fsp3) is 0.267. The van der Waals surface area contributed by atoms with Gasteiger partial charge in [-0.3, -0.25) is 4.79 Å². The number of hydrogen-bond donors (Lipinski definition) is 1. The lowest BCUT2D eigenvalue weighted by Crippen LogP contribution is -2.26. The predicted molar refractivity (Wildman–Crippen MR) is 90.3 cm³/mol. The molecule has 0 fully saturated rings. The van der Waals surface area contributed by atoms with Crippen molar-refractivity contribution in [1.29, 1.82) is 0 Å². The Morgan fingerprint density at radius 1 is 1.35 bits per heavy atom. The summed E-state index contributed by atoms with van der Waals surface area (Å²) in [5, 5.41) is 6.41. The Morgan fingerprint density at radius 2 is 2.09 bits per heavy atom. The maximum Gasteiger partial charge on any atom is 0.243 e. The second kappa shape index (κ2) is 7.12. The second-order valence-electron chi connectivity index (χ2n) is 4.94. The first-order valence-electron chi connectivity index (χ1n) is 6.77. The van der Waals surface area contributed by atoms with Crippen LogP contribution in [0.4, 0.5) is 5.69 Å². The monoisotopic (exact) mass is 354 g/mol. The highest BCUT2D eigenvalue weighted by Gasteiger charge is 2.22. The number of thiophene rings is 1. The Kier molecular flexibility index (Phi) is 5.40. The van der Waals surface area contributed by atoms with E-state index in [4.69, 9.17) is 4.74 Å². The lowest BCUT2D eigenvalue weighted by Gasteiger charge is -2.18. The summed E-state index contributed by atoms with van der Waals surface area (Å²) in [5.74, 6) is 0.0405. The van der Waals surface area contributed by atoms with Crippen LogP contribution in [0.25, 0.3) is 0 Å². The van der Waals surface area contributed by atoms with Gasteiger partial charge in [-0.1, -0.05) is 0 Å². The SMILES string of the molecule is COc1cc(S(=O)(=O)N(C)Cc2ccsc2)ccc1NC(C)=O. The first-order chi connectivity index (χ1) is 10.8. The van der Waals surface area contributed by atoms with Crippen molar-refractivity contribution in [2.75, 3.05) is 19.5 Å². The highest BCUT2D eigenvalue weighted by molar-refractivity contribution is 7.89. The number of methoxy groups -OCH3 is 1. The molecule has 0 bridgehead atoms. The number of sulfonamides is 1. The number of benzene rings is 1. The Hall–Kier alpha value is -1.90. The van der Waals surface area contributed by atoms with Crippen molar-refractivity contribution in [2.45, 2.75) is 18.4 Å². The summed E-state index contributed by atoms with van der Waals surface area (Å²) in [4.78, 5) is 11.3. The van der Waals surface area contributed by atoms with Crippen molar-refractivity contribution in [1.82, 2.24) is 4.31 Å². The van der Waals surface area contributed by atoms with E-state index in [9.17, 15) is 13.2 Å². The second-order valence-corrected chi connectivity index (χ2v) is 7.76. The van der Waals surface area contributed by atoms with Crippen LogP contribution in [0.5, 0.6) is 5.75 Å². The molecule has 1 amide bonds. The lowest BCUT2D eigenvalue weighted by molar-refractivity contribution is -0.114. The van der Waals surface area contributed by atoms with Gasteiger partial charge in [-0.15, -0.1) is 0 Å². The molecule has 8 heteroatoms. The van der Waals surface area contributed by atoms with Crippen LogP contribution in [0.3, 0.4) is 0 Å². The lowest BCUT2D eigenvalue weighted by atomic mass is 10.3. The highest BCUT2D eigenvalue weighted by Crippen LogP contribution is 2.29. The van der Waals surface area contributed by atoms with Crippen LogP contribution in [0.15, 0.2) is 39.9 Å². The number of carbonyl (C=O) groups is 1. The smallest absolute Gasteiger partial charge is 0.243 e. The van der Waals surface area contributed by atoms with Gasteiger partial charge < -0.3 is 10.1 Å². The number of nitrogens with zero attached hydrogens (tertiary/aromatic N) is 1. The minimum absolute atomic E-state index is 0.112. The summed E-state index contributed by atoms with van der Waals surface area (Å²) in [5.41, 5.74) is 1.36. The molecule has 2 rings (SSSR count). The third kappa shape index (κ3) is 4.10. The molecule has 23 heavy (non-hydrogen) atoms. The molecule has 0 unspecified atom stereocenters. The van der Waals surface area contributed by atoms with Crippen molar-refractivity contribution >= 4 is 33.0 Å². The van der Waals surface area contributed by atoms with Gasteiger partial charge in [0.05, 0.1) is 17.7 Å². The minimum Gasteiger partial charge on any atom is -0.495 e. The van der Waals surface area contributed by atoms with Crippen molar-refractivity contribution in [3.63, 3.8) is 0 Å². The summed E-state index contributed by atoms with van der Waals surface area (Å²) >= 11 is 1.52. The normalized spacial score (nSPS) is 11.5. The van der Waals surface area contributed by atoms with E-state index in [1.165, 1.54) is 54.9 Å². The molecule has 0 aliphatic carbocycles. The van der Waals surface area contributed by atoms with Crippen molar-refractivity contribution in [2.24, 2.45) is 0 Å². The molecule has 0 spiro atoms. The number of ether oxygens (including phenoxy) is 1. The maximum absolute atomic E-state index is 12.6. The first kappa shape index (κ1) is 17.5. The van der Waals surface area contributed by atoms with E-state index in [-0.39, 0.29) is 10.8 Å². The highest BCUT2D eigenvalue weighted by atomic mass is 32.2. The van der Waals surface area contributed by atoms with Gasteiger partial charge in [0.15, 0.2) is 0 Å². The molecule has 1 aromatic carbocycles. The molecular weight excluding hydrogens is 336 g/mol. The molecule has 124 valence electrons. The van der Waals surface area contributed by atoms with Gasteiger partial charge >= 0.3 is 0 Å². The van der Waals surface area contributed by atoms with E-state index >= 15 is 0 Å². The summed E-state index contributed by atoms with van der Waals surface area (Å²) in [7, 11) is -0.696.